The fourth-order valence-corrected chi connectivity index (χ4v) is 2.78. The van der Waals surface area contributed by atoms with Crippen LogP contribution in [0.25, 0.3) is 10.9 Å². The summed E-state index contributed by atoms with van der Waals surface area (Å²) in [5.41, 5.74) is 1.07. The first-order valence-corrected chi connectivity index (χ1v) is 7.85. The monoisotopic (exact) mass is 287 g/mol. The summed E-state index contributed by atoms with van der Waals surface area (Å²) in [4.78, 5) is 13.5. The quantitative estimate of drug-likeness (QED) is 0.735. The van der Waals surface area contributed by atoms with Crippen LogP contribution in [0, 0.1) is 0 Å². The highest BCUT2D eigenvalue weighted by Gasteiger charge is 2.18. The van der Waals surface area contributed by atoms with Crippen molar-refractivity contribution in [3.05, 3.63) is 30.1 Å². The number of quaternary nitrogens is 2. The number of likely N-dealkylation sites (N-methyl/N-ethyl adjacent to an activating group) is 1. The number of nitrogens with two attached hydrogens (primary N) is 1. The van der Waals surface area contributed by atoms with Gasteiger partial charge in [0.1, 0.15) is 11.6 Å². The minimum atomic E-state index is 0.931. The summed E-state index contributed by atoms with van der Waals surface area (Å²) in [5, 5.41) is 3.55. The largest absolute Gasteiger partial charge is 0.345 e. The number of hydrogen-bond acceptors (Lipinski definition) is 3. The zero-order valence-corrected chi connectivity index (χ0v) is 13.0. The van der Waals surface area contributed by atoms with E-state index >= 15 is 0 Å². The third-order valence-electron chi connectivity index (χ3n) is 3.98. The molecule has 1 aromatic heterocycles. The number of aromatic nitrogens is 2. The van der Waals surface area contributed by atoms with Crippen LogP contribution >= 0.6 is 0 Å². The number of para-hydroxylation sites is 1. The number of fused-ring (bicyclic) bond motifs is 1. The topological polar surface area (TPSA) is 50.1 Å². The van der Waals surface area contributed by atoms with Crippen LogP contribution in [0.4, 0.5) is 5.82 Å². The normalized spacial score (nSPS) is 15.9. The number of piperazine rings is 1. The Balaban J connectivity index is 1.98. The van der Waals surface area contributed by atoms with E-state index in [1.807, 2.05) is 0 Å². The first kappa shape index (κ1) is 14.2. The summed E-state index contributed by atoms with van der Waals surface area (Å²) < 4.78 is 0. The number of nitrogens with zero attached hydrogens (tertiary/aromatic N) is 3. The molecular weight excluding hydrogens is 262 g/mol. The van der Waals surface area contributed by atoms with Gasteiger partial charge in [-0.25, -0.2) is 9.97 Å². The zero-order chi connectivity index (χ0) is 14.7. The predicted molar refractivity (Wildman–Crippen MR) is 84.8 cm³/mol. The molecule has 0 amide bonds. The summed E-state index contributed by atoms with van der Waals surface area (Å²) in [6, 6.07) is 8.38. The summed E-state index contributed by atoms with van der Waals surface area (Å²) in [7, 11) is 4.34. The molecule has 1 fully saturated rings. The molecule has 2 heterocycles. The second-order valence-corrected chi connectivity index (χ2v) is 6.04. The molecule has 0 aliphatic carbocycles. The Morgan fingerprint density at radius 3 is 2.67 bits per heavy atom. The highest BCUT2D eigenvalue weighted by Crippen LogP contribution is 2.23. The van der Waals surface area contributed by atoms with Gasteiger partial charge in [0.25, 0.3) is 0 Å². The van der Waals surface area contributed by atoms with E-state index in [-0.39, 0.29) is 0 Å². The van der Waals surface area contributed by atoms with Crippen LogP contribution in [0.5, 0.6) is 0 Å². The SMILES string of the molecule is C[NH+](C)CCc1nc(N2CC[NH2+]CC2)c2ccccc2n1. The minimum Gasteiger partial charge on any atom is -0.345 e. The molecule has 0 radical (unpaired) electrons. The molecule has 0 saturated carbocycles. The van der Waals surface area contributed by atoms with Crippen molar-refractivity contribution in [2.45, 2.75) is 6.42 Å². The van der Waals surface area contributed by atoms with Crippen LogP contribution in [0.3, 0.4) is 0 Å². The number of anilines is 1. The van der Waals surface area contributed by atoms with Gasteiger partial charge in [-0.1, -0.05) is 12.1 Å². The smallest absolute Gasteiger partial charge is 0.140 e. The fraction of sp³-hybridized carbons (Fsp3) is 0.500. The van der Waals surface area contributed by atoms with Crippen LogP contribution < -0.4 is 15.1 Å². The summed E-state index contributed by atoms with van der Waals surface area (Å²) >= 11 is 0. The fourth-order valence-electron chi connectivity index (χ4n) is 2.78. The van der Waals surface area contributed by atoms with Crippen molar-refractivity contribution in [1.29, 1.82) is 0 Å². The summed E-state index contributed by atoms with van der Waals surface area (Å²) in [5.74, 6) is 2.09. The zero-order valence-electron chi connectivity index (χ0n) is 13.0. The Morgan fingerprint density at radius 2 is 1.90 bits per heavy atom. The van der Waals surface area contributed by atoms with Gasteiger partial charge < -0.3 is 15.1 Å². The maximum Gasteiger partial charge on any atom is 0.140 e. The molecule has 1 aliphatic rings. The van der Waals surface area contributed by atoms with E-state index in [1.165, 1.54) is 10.3 Å². The highest BCUT2D eigenvalue weighted by atomic mass is 15.2. The maximum absolute atomic E-state index is 4.88. The molecule has 3 rings (SSSR count). The van der Waals surface area contributed by atoms with Crippen molar-refractivity contribution in [2.75, 3.05) is 51.7 Å². The Bertz CT molecular complexity index is 605. The van der Waals surface area contributed by atoms with Crippen LogP contribution in [0.1, 0.15) is 5.82 Å². The molecule has 1 saturated heterocycles. The molecule has 0 bridgehead atoms. The van der Waals surface area contributed by atoms with Gasteiger partial charge in [0.2, 0.25) is 0 Å². The highest BCUT2D eigenvalue weighted by molar-refractivity contribution is 5.89. The van der Waals surface area contributed by atoms with Crippen molar-refractivity contribution in [1.82, 2.24) is 9.97 Å². The Kier molecular flexibility index (Phi) is 4.31. The molecule has 0 atom stereocenters. The average Bonchev–Trinajstić information content (AvgIpc) is 2.53. The molecule has 1 aliphatic heterocycles. The van der Waals surface area contributed by atoms with Gasteiger partial charge in [-0.05, 0) is 12.1 Å². The second kappa shape index (κ2) is 6.37. The van der Waals surface area contributed by atoms with Crippen LogP contribution in [-0.4, -0.2) is 56.8 Å². The number of nitrogens with one attached hydrogen (secondary N) is 1. The van der Waals surface area contributed by atoms with Gasteiger partial charge in [0.15, 0.2) is 0 Å². The minimum absolute atomic E-state index is 0.931. The van der Waals surface area contributed by atoms with Crippen molar-refractivity contribution >= 4 is 16.7 Å². The Morgan fingerprint density at radius 1 is 1.14 bits per heavy atom. The first-order chi connectivity index (χ1) is 10.2. The maximum atomic E-state index is 4.88. The molecule has 21 heavy (non-hydrogen) atoms. The lowest BCUT2D eigenvalue weighted by molar-refractivity contribution is -0.858. The van der Waals surface area contributed by atoms with Crippen molar-refractivity contribution in [3.63, 3.8) is 0 Å². The van der Waals surface area contributed by atoms with Crippen LogP contribution in [0.15, 0.2) is 24.3 Å². The molecule has 3 N–H and O–H groups in total. The molecule has 0 spiro atoms. The van der Waals surface area contributed by atoms with Crippen molar-refractivity contribution in [3.8, 4) is 0 Å². The summed E-state index contributed by atoms with van der Waals surface area (Å²) in [6.45, 7) is 5.50. The van der Waals surface area contributed by atoms with Gasteiger partial charge in [-0.15, -0.1) is 0 Å². The average molecular weight is 287 g/mol. The standard InChI is InChI=1S/C16H23N5/c1-20(2)10-7-15-18-14-6-4-3-5-13(14)16(19-15)21-11-8-17-9-12-21/h3-6,17H,7-12H2,1-2H3/p+2. The molecule has 2 aromatic rings. The molecule has 5 nitrogen and oxygen atoms in total. The van der Waals surface area contributed by atoms with Gasteiger partial charge in [0.05, 0.1) is 58.8 Å². The van der Waals surface area contributed by atoms with E-state index in [2.05, 4.69) is 48.6 Å². The Hall–Kier alpha value is -1.72. The number of hydrogen-bond donors (Lipinski definition) is 2. The van der Waals surface area contributed by atoms with E-state index in [0.29, 0.717) is 0 Å². The van der Waals surface area contributed by atoms with Crippen LogP contribution in [-0.2, 0) is 6.42 Å². The molecule has 0 unspecified atom stereocenters. The van der Waals surface area contributed by atoms with E-state index in [4.69, 9.17) is 9.97 Å². The van der Waals surface area contributed by atoms with Crippen molar-refractivity contribution in [2.24, 2.45) is 0 Å². The Labute approximate surface area is 126 Å². The van der Waals surface area contributed by atoms with E-state index < -0.39 is 0 Å². The molecule has 1 aromatic carbocycles. The lowest BCUT2D eigenvalue weighted by atomic mass is 10.2. The second-order valence-electron chi connectivity index (χ2n) is 6.04. The van der Waals surface area contributed by atoms with E-state index in [1.54, 1.807) is 0 Å². The van der Waals surface area contributed by atoms with E-state index in [9.17, 15) is 0 Å². The van der Waals surface area contributed by atoms with Gasteiger partial charge in [-0.3, -0.25) is 0 Å². The molecule has 112 valence electrons. The summed E-state index contributed by atoms with van der Waals surface area (Å²) in [6.07, 6.45) is 0.931. The third-order valence-corrected chi connectivity index (χ3v) is 3.98. The van der Waals surface area contributed by atoms with Crippen molar-refractivity contribution < 1.29 is 10.2 Å². The third kappa shape index (κ3) is 3.31. The van der Waals surface area contributed by atoms with Gasteiger partial charge in [0, 0.05) is 5.39 Å². The molecular formula is C16H25N5+2. The lowest BCUT2D eigenvalue weighted by Crippen LogP contribution is -3.06. The van der Waals surface area contributed by atoms with Crippen LogP contribution in [0.2, 0.25) is 0 Å². The van der Waals surface area contributed by atoms with Gasteiger partial charge >= 0.3 is 0 Å². The first-order valence-electron chi connectivity index (χ1n) is 7.85. The van der Waals surface area contributed by atoms with E-state index in [0.717, 1.165) is 56.3 Å². The number of benzene rings is 1. The lowest BCUT2D eigenvalue weighted by Gasteiger charge is -2.27. The van der Waals surface area contributed by atoms with Gasteiger partial charge in [-0.2, -0.15) is 0 Å². The molecule has 5 heteroatoms. The number of rotatable bonds is 4. The predicted octanol–water partition coefficient (Wildman–Crippen LogP) is -1.30.